The maximum atomic E-state index is 11.8. The number of halogens is 1. The molecule has 0 saturated heterocycles. The highest BCUT2D eigenvalue weighted by atomic mass is 35.5. The molecule has 108 valence electrons. The van der Waals surface area contributed by atoms with Crippen LogP contribution in [0.3, 0.4) is 0 Å². The number of nitrogens with one attached hydrogen (secondary N) is 1. The second kappa shape index (κ2) is 6.73. The minimum absolute atomic E-state index is 0.0104. The largest absolute Gasteiger partial charge is 0.240 e. The molecule has 0 aliphatic rings. The monoisotopic (exact) mass is 303 g/mol. The van der Waals surface area contributed by atoms with Gasteiger partial charge in [0, 0.05) is 17.8 Å². The van der Waals surface area contributed by atoms with Crippen molar-refractivity contribution in [3.8, 4) is 0 Å². The van der Waals surface area contributed by atoms with E-state index in [2.05, 4.69) is 18.6 Å². The summed E-state index contributed by atoms with van der Waals surface area (Å²) >= 11 is 6.22. The van der Waals surface area contributed by atoms with Gasteiger partial charge in [0.05, 0.1) is 4.90 Å². The molecule has 1 aromatic carbocycles. The van der Waals surface area contributed by atoms with Crippen LogP contribution < -0.4 is 4.72 Å². The maximum absolute atomic E-state index is 11.8. The van der Waals surface area contributed by atoms with E-state index in [1.54, 1.807) is 19.1 Å². The van der Waals surface area contributed by atoms with Crippen molar-refractivity contribution in [1.82, 2.24) is 4.72 Å². The number of rotatable bonds is 6. The van der Waals surface area contributed by atoms with Crippen LogP contribution in [0.25, 0.3) is 0 Å². The Balaban J connectivity index is 3.05. The third-order valence-electron chi connectivity index (χ3n) is 3.12. The molecule has 0 bridgehead atoms. The van der Waals surface area contributed by atoms with Crippen LogP contribution in [0.4, 0.5) is 0 Å². The molecule has 0 aliphatic heterocycles. The summed E-state index contributed by atoms with van der Waals surface area (Å²) in [6.45, 7) is 8.35. The fourth-order valence-corrected chi connectivity index (χ4v) is 3.80. The van der Waals surface area contributed by atoms with Crippen LogP contribution in [0.15, 0.2) is 29.2 Å². The second-order valence-corrected chi connectivity index (χ2v) is 7.47. The molecule has 0 radical (unpaired) electrons. The Bertz CT molecular complexity index is 487. The minimum atomic E-state index is -3.38. The molecule has 1 aromatic rings. The first-order valence-electron chi connectivity index (χ1n) is 6.53. The predicted octanol–water partition coefficient (Wildman–Crippen LogP) is 3.35. The first-order chi connectivity index (χ1) is 8.79. The molecule has 1 N–H and O–H groups in total. The Hall–Kier alpha value is -0.580. The van der Waals surface area contributed by atoms with Gasteiger partial charge in [0.2, 0.25) is 10.0 Å². The summed E-state index contributed by atoms with van der Waals surface area (Å²) in [5.41, 5.74) is 1.08. The zero-order valence-electron chi connectivity index (χ0n) is 11.9. The molecule has 0 spiro atoms. The highest BCUT2D eigenvalue weighted by molar-refractivity contribution is 7.89. The normalized spacial score (nSPS) is 15.5. The van der Waals surface area contributed by atoms with E-state index in [-0.39, 0.29) is 11.3 Å². The van der Waals surface area contributed by atoms with E-state index < -0.39 is 10.0 Å². The van der Waals surface area contributed by atoms with Crippen molar-refractivity contribution in [2.75, 3.05) is 6.54 Å². The molecule has 2 unspecified atom stereocenters. The Kier molecular flexibility index (Phi) is 5.83. The van der Waals surface area contributed by atoms with Gasteiger partial charge in [0.25, 0.3) is 0 Å². The average Bonchev–Trinajstić information content (AvgIpc) is 2.28. The molecule has 3 nitrogen and oxygen atoms in total. The van der Waals surface area contributed by atoms with Gasteiger partial charge in [-0.05, 0) is 30.5 Å². The van der Waals surface area contributed by atoms with Gasteiger partial charge in [-0.1, -0.05) is 32.9 Å². The zero-order valence-corrected chi connectivity index (χ0v) is 13.4. The molecular weight excluding hydrogens is 282 g/mol. The summed E-state index contributed by atoms with van der Waals surface area (Å²) < 4.78 is 26.2. The van der Waals surface area contributed by atoms with Crippen molar-refractivity contribution < 1.29 is 8.42 Å². The van der Waals surface area contributed by atoms with Crippen LogP contribution in [0.1, 0.15) is 39.2 Å². The van der Waals surface area contributed by atoms with E-state index in [1.807, 2.05) is 19.1 Å². The fourth-order valence-electron chi connectivity index (χ4n) is 2.32. The van der Waals surface area contributed by atoms with Crippen molar-refractivity contribution >= 4 is 21.6 Å². The van der Waals surface area contributed by atoms with Crippen molar-refractivity contribution in [3.05, 3.63) is 29.8 Å². The van der Waals surface area contributed by atoms with E-state index in [0.717, 1.165) is 5.56 Å². The van der Waals surface area contributed by atoms with Crippen LogP contribution in [-0.4, -0.2) is 20.3 Å². The SMILES string of the molecule is CCNS(=O)(=O)c1ccc(C(C(C)C)C(C)Cl)cc1. The van der Waals surface area contributed by atoms with Gasteiger partial charge in [0.1, 0.15) is 0 Å². The molecule has 5 heteroatoms. The van der Waals surface area contributed by atoms with E-state index in [0.29, 0.717) is 17.4 Å². The number of hydrogen-bond acceptors (Lipinski definition) is 2. The number of alkyl halides is 1. The Morgan fingerprint density at radius 3 is 2.05 bits per heavy atom. The van der Waals surface area contributed by atoms with Gasteiger partial charge in [-0.3, -0.25) is 0 Å². The van der Waals surface area contributed by atoms with Crippen LogP contribution in [0, 0.1) is 5.92 Å². The predicted molar refractivity (Wildman–Crippen MR) is 80.2 cm³/mol. The molecule has 2 atom stereocenters. The number of hydrogen-bond donors (Lipinski definition) is 1. The first kappa shape index (κ1) is 16.5. The average molecular weight is 304 g/mol. The molecule has 0 heterocycles. The van der Waals surface area contributed by atoms with Crippen molar-refractivity contribution in [2.45, 2.75) is 43.9 Å². The summed E-state index contributed by atoms with van der Waals surface area (Å²) in [5.74, 6) is 0.626. The van der Waals surface area contributed by atoms with Gasteiger partial charge in [0.15, 0.2) is 0 Å². The Morgan fingerprint density at radius 1 is 1.16 bits per heavy atom. The Morgan fingerprint density at radius 2 is 1.68 bits per heavy atom. The molecular formula is C14H22ClNO2S. The highest BCUT2D eigenvalue weighted by Gasteiger charge is 2.22. The molecule has 0 fully saturated rings. The van der Waals surface area contributed by atoms with Crippen LogP contribution in [-0.2, 0) is 10.0 Å². The number of sulfonamides is 1. The smallest absolute Gasteiger partial charge is 0.211 e. The quantitative estimate of drug-likeness (QED) is 0.819. The number of benzene rings is 1. The fraction of sp³-hybridized carbons (Fsp3) is 0.571. The molecule has 0 amide bonds. The van der Waals surface area contributed by atoms with Crippen LogP contribution in [0.2, 0.25) is 0 Å². The molecule has 0 aromatic heterocycles. The van der Waals surface area contributed by atoms with Gasteiger partial charge in [-0.15, -0.1) is 11.6 Å². The lowest BCUT2D eigenvalue weighted by Crippen LogP contribution is -2.23. The van der Waals surface area contributed by atoms with E-state index >= 15 is 0 Å². The zero-order chi connectivity index (χ0) is 14.6. The third kappa shape index (κ3) is 4.20. The molecule has 1 rings (SSSR count). The third-order valence-corrected chi connectivity index (χ3v) is 4.96. The van der Waals surface area contributed by atoms with Gasteiger partial charge in [-0.2, -0.15) is 0 Å². The lowest BCUT2D eigenvalue weighted by molar-refractivity contribution is 0.490. The summed E-state index contributed by atoms with van der Waals surface area (Å²) in [5, 5.41) is 0.0104. The molecule has 0 aliphatic carbocycles. The van der Waals surface area contributed by atoms with Gasteiger partial charge in [-0.25, -0.2) is 13.1 Å². The molecule has 0 saturated carbocycles. The van der Waals surface area contributed by atoms with Crippen molar-refractivity contribution in [1.29, 1.82) is 0 Å². The van der Waals surface area contributed by atoms with Crippen LogP contribution >= 0.6 is 11.6 Å². The van der Waals surface area contributed by atoms with Crippen molar-refractivity contribution in [2.24, 2.45) is 5.92 Å². The van der Waals surface area contributed by atoms with Crippen molar-refractivity contribution in [3.63, 3.8) is 0 Å². The summed E-state index contributed by atoms with van der Waals surface area (Å²) in [7, 11) is -3.38. The Labute approximate surface area is 121 Å². The minimum Gasteiger partial charge on any atom is -0.211 e. The lowest BCUT2D eigenvalue weighted by atomic mass is 9.86. The second-order valence-electron chi connectivity index (χ2n) is 5.02. The van der Waals surface area contributed by atoms with Gasteiger partial charge < -0.3 is 0 Å². The van der Waals surface area contributed by atoms with E-state index in [4.69, 9.17) is 11.6 Å². The maximum Gasteiger partial charge on any atom is 0.240 e. The highest BCUT2D eigenvalue weighted by Crippen LogP contribution is 2.31. The van der Waals surface area contributed by atoms with Crippen LogP contribution in [0.5, 0.6) is 0 Å². The van der Waals surface area contributed by atoms with Gasteiger partial charge >= 0.3 is 0 Å². The standard InChI is InChI=1S/C14H22ClNO2S/c1-5-16-19(17,18)13-8-6-12(7-9-13)14(10(2)3)11(4)15/h6-11,14,16H,5H2,1-4H3. The summed E-state index contributed by atoms with van der Waals surface area (Å²) in [6.07, 6.45) is 0. The molecule has 19 heavy (non-hydrogen) atoms. The summed E-state index contributed by atoms with van der Waals surface area (Å²) in [4.78, 5) is 0.294. The lowest BCUT2D eigenvalue weighted by Gasteiger charge is -2.24. The topological polar surface area (TPSA) is 46.2 Å². The van der Waals surface area contributed by atoms with E-state index in [9.17, 15) is 8.42 Å². The van der Waals surface area contributed by atoms with E-state index in [1.165, 1.54) is 0 Å². The first-order valence-corrected chi connectivity index (χ1v) is 8.45. The summed E-state index contributed by atoms with van der Waals surface area (Å²) in [6, 6.07) is 6.99.